The number of halogens is 1. The molecule has 62 valence electrons. The number of hydrogen-bond donors (Lipinski definition) is 0. The summed E-state index contributed by atoms with van der Waals surface area (Å²) in [4.78, 5) is 0. The minimum absolute atomic E-state index is 0.208. The first-order valence-corrected chi connectivity index (χ1v) is 3.95. The zero-order valence-corrected chi connectivity index (χ0v) is 6.53. The van der Waals surface area contributed by atoms with E-state index >= 15 is 0 Å². The molecule has 0 bridgehead atoms. The van der Waals surface area contributed by atoms with Gasteiger partial charge in [-0.1, -0.05) is 24.3 Å². The SMILES string of the molecule is Fc1ccc(C2C=CC=CC2)o1. The quantitative estimate of drug-likeness (QED) is 0.621. The first-order chi connectivity index (χ1) is 5.86. The van der Waals surface area contributed by atoms with Crippen LogP contribution in [-0.2, 0) is 0 Å². The van der Waals surface area contributed by atoms with Crippen LogP contribution in [-0.4, -0.2) is 0 Å². The summed E-state index contributed by atoms with van der Waals surface area (Å²) in [6.07, 6.45) is 8.89. The number of furan rings is 1. The summed E-state index contributed by atoms with van der Waals surface area (Å²) in [5.41, 5.74) is 0. The van der Waals surface area contributed by atoms with E-state index in [-0.39, 0.29) is 5.92 Å². The molecule has 0 aliphatic heterocycles. The van der Waals surface area contributed by atoms with Crippen LogP contribution in [0.3, 0.4) is 0 Å². The van der Waals surface area contributed by atoms with Gasteiger partial charge in [0.15, 0.2) is 0 Å². The predicted octanol–water partition coefficient (Wildman–Crippen LogP) is 3.02. The number of rotatable bonds is 1. The monoisotopic (exact) mass is 164 g/mol. The zero-order chi connectivity index (χ0) is 8.39. The van der Waals surface area contributed by atoms with Crippen molar-refractivity contribution >= 4 is 0 Å². The van der Waals surface area contributed by atoms with E-state index in [2.05, 4.69) is 0 Å². The molecule has 0 aromatic carbocycles. The molecule has 1 aliphatic rings. The molecule has 1 unspecified atom stereocenters. The predicted molar refractivity (Wildman–Crippen MR) is 44.3 cm³/mol. The second-order valence-electron chi connectivity index (χ2n) is 2.80. The van der Waals surface area contributed by atoms with Gasteiger partial charge >= 0.3 is 0 Å². The Labute approximate surface area is 70.2 Å². The fraction of sp³-hybridized carbons (Fsp3) is 0.200. The van der Waals surface area contributed by atoms with E-state index in [1.807, 2.05) is 24.3 Å². The fourth-order valence-corrected chi connectivity index (χ4v) is 1.32. The average Bonchev–Trinajstić information content (AvgIpc) is 2.54. The van der Waals surface area contributed by atoms with Gasteiger partial charge in [0, 0.05) is 12.0 Å². The van der Waals surface area contributed by atoms with E-state index < -0.39 is 6.01 Å². The highest BCUT2D eigenvalue weighted by Crippen LogP contribution is 2.25. The smallest absolute Gasteiger partial charge is 0.277 e. The minimum Gasteiger partial charge on any atom is -0.436 e. The van der Waals surface area contributed by atoms with Crippen molar-refractivity contribution in [1.29, 1.82) is 0 Å². The Balaban J connectivity index is 2.20. The Morgan fingerprint density at radius 2 is 2.25 bits per heavy atom. The van der Waals surface area contributed by atoms with Gasteiger partial charge in [-0.25, -0.2) is 0 Å². The van der Waals surface area contributed by atoms with Gasteiger partial charge in [0.1, 0.15) is 5.76 Å². The maximum Gasteiger partial charge on any atom is 0.277 e. The van der Waals surface area contributed by atoms with Crippen LogP contribution in [0.2, 0.25) is 0 Å². The van der Waals surface area contributed by atoms with E-state index in [0.717, 1.165) is 6.42 Å². The Kier molecular flexibility index (Phi) is 1.82. The molecule has 0 amide bonds. The largest absolute Gasteiger partial charge is 0.436 e. The summed E-state index contributed by atoms with van der Waals surface area (Å²) in [7, 11) is 0. The third-order valence-electron chi connectivity index (χ3n) is 1.94. The third-order valence-corrected chi connectivity index (χ3v) is 1.94. The van der Waals surface area contributed by atoms with Gasteiger partial charge in [0.05, 0.1) is 0 Å². The Morgan fingerprint density at radius 1 is 1.33 bits per heavy atom. The van der Waals surface area contributed by atoms with E-state index in [4.69, 9.17) is 4.42 Å². The summed E-state index contributed by atoms with van der Waals surface area (Å²) < 4.78 is 17.3. The van der Waals surface area contributed by atoms with Gasteiger partial charge in [0.2, 0.25) is 0 Å². The van der Waals surface area contributed by atoms with Crippen LogP contribution in [0.1, 0.15) is 18.1 Å². The minimum atomic E-state index is -0.507. The molecule has 0 radical (unpaired) electrons. The summed E-state index contributed by atoms with van der Waals surface area (Å²) in [5.74, 6) is 0.910. The van der Waals surface area contributed by atoms with Gasteiger partial charge in [-0.05, 0) is 12.5 Å². The maximum absolute atomic E-state index is 12.5. The Bertz CT molecular complexity index is 322. The maximum atomic E-state index is 12.5. The Hall–Kier alpha value is -1.31. The summed E-state index contributed by atoms with van der Waals surface area (Å²) in [6.45, 7) is 0. The highest BCUT2D eigenvalue weighted by Gasteiger charge is 2.12. The summed E-state index contributed by atoms with van der Waals surface area (Å²) in [6, 6.07) is 2.53. The first kappa shape index (κ1) is 7.35. The lowest BCUT2D eigenvalue weighted by atomic mass is 9.98. The Morgan fingerprint density at radius 3 is 2.83 bits per heavy atom. The second-order valence-corrected chi connectivity index (χ2v) is 2.80. The molecule has 0 N–H and O–H groups in total. The van der Waals surface area contributed by atoms with Crippen molar-refractivity contribution in [3.8, 4) is 0 Å². The van der Waals surface area contributed by atoms with Crippen molar-refractivity contribution in [3.63, 3.8) is 0 Å². The van der Waals surface area contributed by atoms with Gasteiger partial charge in [-0.2, -0.15) is 4.39 Å². The van der Waals surface area contributed by atoms with Crippen molar-refractivity contribution in [2.75, 3.05) is 0 Å². The zero-order valence-electron chi connectivity index (χ0n) is 6.53. The second kappa shape index (κ2) is 2.97. The molecule has 1 heterocycles. The van der Waals surface area contributed by atoms with E-state index in [1.165, 1.54) is 6.07 Å². The molecule has 1 aromatic heterocycles. The standard InChI is InChI=1S/C10H9FO/c11-10-7-6-9(12-10)8-4-2-1-3-5-8/h1-4,6-8H,5H2. The lowest BCUT2D eigenvalue weighted by Crippen LogP contribution is -1.93. The van der Waals surface area contributed by atoms with Crippen molar-refractivity contribution in [2.45, 2.75) is 12.3 Å². The third kappa shape index (κ3) is 1.33. The molecular formula is C10H9FO. The van der Waals surface area contributed by atoms with Crippen LogP contribution < -0.4 is 0 Å². The summed E-state index contributed by atoms with van der Waals surface area (Å²) in [5, 5.41) is 0. The molecule has 1 nitrogen and oxygen atoms in total. The molecular weight excluding hydrogens is 155 g/mol. The molecule has 0 saturated heterocycles. The highest BCUT2D eigenvalue weighted by atomic mass is 19.1. The van der Waals surface area contributed by atoms with Crippen molar-refractivity contribution in [2.24, 2.45) is 0 Å². The van der Waals surface area contributed by atoms with Crippen LogP contribution in [0.15, 0.2) is 40.9 Å². The van der Waals surface area contributed by atoms with Crippen LogP contribution in [0.5, 0.6) is 0 Å². The first-order valence-electron chi connectivity index (χ1n) is 3.95. The number of hydrogen-bond acceptors (Lipinski definition) is 1. The van der Waals surface area contributed by atoms with Crippen molar-refractivity contribution in [1.82, 2.24) is 0 Å². The van der Waals surface area contributed by atoms with E-state index in [1.54, 1.807) is 6.07 Å². The molecule has 1 aromatic rings. The van der Waals surface area contributed by atoms with Crippen LogP contribution in [0.4, 0.5) is 4.39 Å². The molecule has 12 heavy (non-hydrogen) atoms. The molecule has 0 fully saturated rings. The van der Waals surface area contributed by atoms with Crippen LogP contribution >= 0.6 is 0 Å². The van der Waals surface area contributed by atoms with Crippen molar-refractivity contribution < 1.29 is 8.81 Å². The van der Waals surface area contributed by atoms with Crippen LogP contribution in [0.25, 0.3) is 0 Å². The molecule has 0 spiro atoms. The fourth-order valence-electron chi connectivity index (χ4n) is 1.32. The molecule has 2 heteroatoms. The lowest BCUT2D eigenvalue weighted by molar-refractivity contribution is 0.331. The average molecular weight is 164 g/mol. The van der Waals surface area contributed by atoms with Crippen molar-refractivity contribution in [3.05, 3.63) is 48.2 Å². The van der Waals surface area contributed by atoms with Gasteiger partial charge in [-0.3, -0.25) is 0 Å². The topological polar surface area (TPSA) is 13.1 Å². The van der Waals surface area contributed by atoms with Gasteiger partial charge < -0.3 is 4.42 Å². The highest BCUT2D eigenvalue weighted by molar-refractivity contribution is 5.21. The molecule has 1 aliphatic carbocycles. The summed E-state index contributed by atoms with van der Waals surface area (Å²) >= 11 is 0. The normalized spacial score (nSPS) is 21.6. The van der Waals surface area contributed by atoms with Gasteiger partial charge in [-0.15, -0.1) is 0 Å². The molecule has 1 atom stereocenters. The van der Waals surface area contributed by atoms with Gasteiger partial charge in [0.25, 0.3) is 6.01 Å². The van der Waals surface area contributed by atoms with Crippen LogP contribution in [0, 0.1) is 6.01 Å². The molecule has 0 saturated carbocycles. The number of allylic oxidation sites excluding steroid dienone is 4. The molecule has 2 rings (SSSR count). The lowest BCUT2D eigenvalue weighted by Gasteiger charge is -2.08. The van der Waals surface area contributed by atoms with E-state index in [0.29, 0.717) is 5.76 Å². The van der Waals surface area contributed by atoms with E-state index in [9.17, 15) is 4.39 Å².